The zero-order valence-corrected chi connectivity index (χ0v) is 11.3. The van der Waals surface area contributed by atoms with Crippen LogP contribution in [0.25, 0.3) is 0 Å². The molecule has 0 aromatic carbocycles. The lowest BCUT2D eigenvalue weighted by Crippen LogP contribution is -2.18. The predicted octanol–water partition coefficient (Wildman–Crippen LogP) is 1.51. The van der Waals surface area contributed by atoms with Crippen molar-refractivity contribution in [1.29, 1.82) is 0 Å². The van der Waals surface area contributed by atoms with Gasteiger partial charge in [-0.3, -0.25) is 9.36 Å². The van der Waals surface area contributed by atoms with E-state index in [2.05, 4.69) is 10.2 Å². The van der Waals surface area contributed by atoms with Crippen LogP contribution < -0.4 is 5.69 Å². The van der Waals surface area contributed by atoms with Crippen LogP contribution in [0.1, 0.15) is 4.88 Å². The van der Waals surface area contributed by atoms with Gasteiger partial charge in [0.25, 0.3) is 0 Å². The Balaban J connectivity index is 2.18. The molecular formula is C9H8ClN3O3S2. The first-order chi connectivity index (χ1) is 8.56. The van der Waals surface area contributed by atoms with Crippen LogP contribution in [0.4, 0.5) is 0 Å². The number of thioether (sulfide) groups is 1. The van der Waals surface area contributed by atoms with E-state index in [0.29, 0.717) is 16.0 Å². The number of hydrogen-bond donors (Lipinski definition) is 2. The molecule has 6 nitrogen and oxygen atoms in total. The first-order valence-corrected chi connectivity index (χ1v) is 6.98. The number of rotatable bonds is 5. The minimum absolute atomic E-state index is 0.143. The smallest absolute Gasteiger partial charge is 0.344 e. The average molecular weight is 306 g/mol. The fourth-order valence-electron chi connectivity index (χ4n) is 1.27. The zero-order chi connectivity index (χ0) is 13.1. The van der Waals surface area contributed by atoms with Crippen molar-refractivity contribution < 1.29 is 9.90 Å². The second-order valence-corrected chi connectivity index (χ2v) is 6.03. The third-order valence-corrected chi connectivity index (χ3v) is 4.17. The van der Waals surface area contributed by atoms with Crippen LogP contribution in [0.15, 0.2) is 22.1 Å². The van der Waals surface area contributed by atoms with Gasteiger partial charge in [0.15, 0.2) is 5.16 Å². The minimum atomic E-state index is -0.957. The monoisotopic (exact) mass is 305 g/mol. The summed E-state index contributed by atoms with van der Waals surface area (Å²) in [6, 6.07) is 3.56. The molecule has 2 rings (SSSR count). The predicted molar refractivity (Wildman–Crippen MR) is 69.6 cm³/mol. The second-order valence-electron chi connectivity index (χ2n) is 3.29. The van der Waals surface area contributed by atoms with Gasteiger partial charge in [-0.05, 0) is 12.1 Å². The number of H-pyrrole nitrogens is 1. The molecule has 0 amide bonds. The summed E-state index contributed by atoms with van der Waals surface area (Å²) in [5.74, 6) is -1.10. The lowest BCUT2D eigenvalue weighted by atomic mass is 10.5. The highest BCUT2D eigenvalue weighted by molar-refractivity contribution is 7.99. The van der Waals surface area contributed by atoms with E-state index in [1.165, 1.54) is 15.9 Å². The molecule has 0 aliphatic carbocycles. The molecule has 0 atom stereocenters. The average Bonchev–Trinajstić information content (AvgIpc) is 2.85. The van der Waals surface area contributed by atoms with E-state index in [1.54, 1.807) is 6.07 Å². The minimum Gasteiger partial charge on any atom is -0.481 e. The Bertz CT molecular complexity index is 619. The molecule has 0 saturated carbocycles. The Labute approximate surface area is 115 Å². The Hall–Kier alpha value is -1.25. The van der Waals surface area contributed by atoms with Gasteiger partial charge in [-0.2, -0.15) is 0 Å². The summed E-state index contributed by atoms with van der Waals surface area (Å²) in [7, 11) is 0. The standard InChI is InChI=1S/C9H8ClN3O3S2/c10-6-2-1-5(18-6)3-13-8(16)11-12-9(13)17-4-7(14)15/h1-2H,3-4H2,(H,11,16)(H,14,15). The number of nitrogens with zero attached hydrogens (tertiary/aromatic N) is 2. The summed E-state index contributed by atoms with van der Waals surface area (Å²) in [6.45, 7) is 0.328. The van der Waals surface area contributed by atoms with Crippen molar-refractivity contribution in [2.24, 2.45) is 0 Å². The molecule has 0 bridgehead atoms. The van der Waals surface area contributed by atoms with Crippen molar-refractivity contribution in [3.8, 4) is 0 Å². The summed E-state index contributed by atoms with van der Waals surface area (Å²) in [5.41, 5.74) is -0.368. The molecule has 2 aromatic heterocycles. The van der Waals surface area contributed by atoms with Crippen LogP contribution in [0.3, 0.4) is 0 Å². The molecular weight excluding hydrogens is 298 g/mol. The molecule has 0 aliphatic heterocycles. The van der Waals surface area contributed by atoms with Crippen LogP contribution in [0.2, 0.25) is 4.34 Å². The topological polar surface area (TPSA) is 88.0 Å². The quantitative estimate of drug-likeness (QED) is 0.818. The van der Waals surface area contributed by atoms with Gasteiger partial charge in [-0.25, -0.2) is 9.89 Å². The molecule has 0 unspecified atom stereocenters. The maximum Gasteiger partial charge on any atom is 0.344 e. The van der Waals surface area contributed by atoms with Crippen LogP contribution in [0.5, 0.6) is 0 Å². The van der Waals surface area contributed by atoms with Crippen molar-refractivity contribution in [3.63, 3.8) is 0 Å². The maximum atomic E-state index is 11.6. The van der Waals surface area contributed by atoms with Crippen LogP contribution >= 0.6 is 34.7 Å². The summed E-state index contributed by atoms with van der Waals surface area (Å²) in [5, 5.41) is 15.0. The van der Waals surface area contributed by atoms with Crippen LogP contribution in [-0.4, -0.2) is 31.6 Å². The SMILES string of the molecule is O=C(O)CSc1n[nH]c(=O)n1Cc1ccc(Cl)s1. The van der Waals surface area contributed by atoms with Gasteiger partial charge in [-0.15, -0.1) is 16.4 Å². The number of thiophene rings is 1. The molecule has 2 N–H and O–H groups in total. The van der Waals surface area contributed by atoms with Gasteiger partial charge in [-0.1, -0.05) is 23.4 Å². The molecule has 2 heterocycles. The number of carbonyl (C=O) groups is 1. The van der Waals surface area contributed by atoms with E-state index < -0.39 is 5.97 Å². The zero-order valence-electron chi connectivity index (χ0n) is 8.92. The first-order valence-electron chi connectivity index (χ1n) is 4.80. The Morgan fingerprint density at radius 2 is 2.39 bits per heavy atom. The number of hydrogen-bond acceptors (Lipinski definition) is 5. The van der Waals surface area contributed by atoms with Gasteiger partial charge >= 0.3 is 11.7 Å². The summed E-state index contributed by atoms with van der Waals surface area (Å²) >= 11 is 8.17. The number of carboxylic acid groups (broad SMARTS) is 1. The van der Waals surface area contributed by atoms with Crippen LogP contribution in [0, 0.1) is 0 Å². The van der Waals surface area contributed by atoms with E-state index >= 15 is 0 Å². The lowest BCUT2D eigenvalue weighted by molar-refractivity contribution is -0.133. The molecule has 18 heavy (non-hydrogen) atoms. The van der Waals surface area contributed by atoms with E-state index in [1.807, 2.05) is 6.07 Å². The van der Waals surface area contributed by atoms with E-state index in [-0.39, 0.29) is 11.4 Å². The molecule has 0 radical (unpaired) electrons. The fraction of sp³-hybridized carbons (Fsp3) is 0.222. The third-order valence-electron chi connectivity index (χ3n) is 1.99. The van der Waals surface area contributed by atoms with Gasteiger partial charge in [0.05, 0.1) is 16.6 Å². The van der Waals surface area contributed by atoms with Crippen molar-refractivity contribution in [1.82, 2.24) is 14.8 Å². The number of nitrogens with one attached hydrogen (secondary N) is 1. The first kappa shape index (κ1) is 13.2. The molecule has 96 valence electrons. The van der Waals surface area contributed by atoms with Crippen molar-refractivity contribution in [2.75, 3.05) is 5.75 Å². The third kappa shape index (κ3) is 3.15. The molecule has 9 heteroatoms. The molecule has 0 spiro atoms. The summed E-state index contributed by atoms with van der Waals surface area (Å²) < 4.78 is 2.02. The lowest BCUT2D eigenvalue weighted by Gasteiger charge is -2.01. The Morgan fingerprint density at radius 1 is 1.61 bits per heavy atom. The maximum absolute atomic E-state index is 11.6. The van der Waals surface area contributed by atoms with Gasteiger partial charge < -0.3 is 5.11 Å². The molecule has 0 fully saturated rings. The van der Waals surface area contributed by atoms with Crippen molar-refractivity contribution in [3.05, 3.63) is 31.8 Å². The number of halogens is 1. The van der Waals surface area contributed by atoms with Crippen LogP contribution in [-0.2, 0) is 11.3 Å². The van der Waals surface area contributed by atoms with E-state index in [0.717, 1.165) is 16.6 Å². The van der Waals surface area contributed by atoms with E-state index in [4.69, 9.17) is 16.7 Å². The Morgan fingerprint density at radius 3 is 3.00 bits per heavy atom. The summed E-state index contributed by atoms with van der Waals surface area (Å²) in [4.78, 5) is 22.9. The molecule has 0 aliphatic rings. The van der Waals surface area contributed by atoms with Gasteiger partial charge in [0.1, 0.15) is 0 Å². The van der Waals surface area contributed by atoms with Crippen molar-refractivity contribution in [2.45, 2.75) is 11.7 Å². The van der Waals surface area contributed by atoms with E-state index in [9.17, 15) is 9.59 Å². The normalized spacial score (nSPS) is 10.7. The molecule has 2 aromatic rings. The Kier molecular flexibility index (Phi) is 4.10. The highest BCUT2D eigenvalue weighted by Gasteiger charge is 2.12. The van der Waals surface area contributed by atoms with Crippen molar-refractivity contribution >= 4 is 40.7 Å². The largest absolute Gasteiger partial charge is 0.481 e. The molecule has 0 saturated heterocycles. The summed E-state index contributed by atoms with van der Waals surface area (Å²) in [6.07, 6.45) is 0. The number of aromatic nitrogens is 3. The van der Waals surface area contributed by atoms with Gasteiger partial charge in [0, 0.05) is 4.88 Å². The highest BCUT2D eigenvalue weighted by Crippen LogP contribution is 2.23. The number of aromatic amines is 1. The second kappa shape index (κ2) is 5.59. The fourth-order valence-corrected chi connectivity index (χ4v) is 3.01. The number of carboxylic acids is 1. The van der Waals surface area contributed by atoms with Gasteiger partial charge in [0.2, 0.25) is 0 Å². The highest BCUT2D eigenvalue weighted by atomic mass is 35.5. The number of aliphatic carboxylic acids is 1.